The van der Waals surface area contributed by atoms with Crippen LogP contribution in [0.2, 0.25) is 0 Å². The van der Waals surface area contributed by atoms with E-state index in [1.54, 1.807) is 0 Å². The molecule has 1 saturated heterocycles. The third kappa shape index (κ3) is 1.11. The number of nitrogens with zero attached hydrogens (tertiary/aromatic N) is 1. The maximum atomic E-state index is 7.06. The Morgan fingerprint density at radius 1 is 1.75 bits per heavy atom. The highest BCUT2D eigenvalue weighted by atomic mass is 35.5. The second-order valence-electron chi connectivity index (χ2n) is 1.59. The lowest BCUT2D eigenvalue weighted by atomic mass is 10.5. The fraction of sp³-hybridized carbons (Fsp3) is 0.750. The SMILES string of the molecule is N=C1COCCN1Cl. The Morgan fingerprint density at radius 3 is 2.88 bits per heavy atom. The number of nitrogens with one attached hydrogen (secondary N) is 1. The second-order valence-corrected chi connectivity index (χ2v) is 1.99. The molecule has 0 atom stereocenters. The highest BCUT2D eigenvalue weighted by Gasteiger charge is 2.11. The number of hydrogen-bond acceptors (Lipinski definition) is 2. The van der Waals surface area contributed by atoms with Crippen LogP contribution >= 0.6 is 11.8 Å². The lowest BCUT2D eigenvalue weighted by molar-refractivity contribution is 0.138. The molecule has 0 saturated carbocycles. The van der Waals surface area contributed by atoms with Gasteiger partial charge in [-0.2, -0.15) is 0 Å². The van der Waals surface area contributed by atoms with Crippen molar-refractivity contribution in [1.29, 1.82) is 5.41 Å². The summed E-state index contributed by atoms with van der Waals surface area (Å²) < 4.78 is 6.27. The molecule has 46 valence electrons. The molecule has 0 aromatic heterocycles. The highest BCUT2D eigenvalue weighted by Crippen LogP contribution is 2.00. The van der Waals surface area contributed by atoms with Crippen LogP contribution in [0.15, 0.2) is 0 Å². The predicted octanol–water partition coefficient (Wildman–Crippen LogP) is 0.450. The number of rotatable bonds is 0. The van der Waals surface area contributed by atoms with E-state index in [1.807, 2.05) is 0 Å². The van der Waals surface area contributed by atoms with Crippen molar-refractivity contribution in [2.45, 2.75) is 0 Å². The second kappa shape index (κ2) is 2.33. The first kappa shape index (κ1) is 5.85. The van der Waals surface area contributed by atoms with Crippen molar-refractivity contribution in [1.82, 2.24) is 4.42 Å². The summed E-state index contributed by atoms with van der Waals surface area (Å²) in [6.07, 6.45) is 0. The van der Waals surface area contributed by atoms with E-state index in [0.717, 1.165) is 0 Å². The summed E-state index contributed by atoms with van der Waals surface area (Å²) in [5, 5.41) is 7.06. The van der Waals surface area contributed by atoms with E-state index in [1.165, 1.54) is 4.42 Å². The molecule has 4 heteroatoms. The first-order chi connectivity index (χ1) is 3.80. The minimum atomic E-state index is 0.345. The van der Waals surface area contributed by atoms with Gasteiger partial charge in [-0.25, -0.2) is 0 Å². The van der Waals surface area contributed by atoms with Gasteiger partial charge in [0.1, 0.15) is 12.4 Å². The predicted molar refractivity (Wildman–Crippen MR) is 31.1 cm³/mol. The Kier molecular flexibility index (Phi) is 1.70. The minimum Gasteiger partial charge on any atom is -0.372 e. The van der Waals surface area contributed by atoms with Crippen molar-refractivity contribution in [3.63, 3.8) is 0 Å². The Morgan fingerprint density at radius 2 is 2.50 bits per heavy atom. The highest BCUT2D eigenvalue weighted by molar-refractivity contribution is 6.22. The van der Waals surface area contributed by atoms with E-state index in [-0.39, 0.29) is 0 Å². The molecule has 1 aliphatic heterocycles. The molecule has 1 heterocycles. The van der Waals surface area contributed by atoms with Gasteiger partial charge in [-0.3, -0.25) is 9.83 Å². The van der Waals surface area contributed by atoms with Gasteiger partial charge >= 0.3 is 0 Å². The van der Waals surface area contributed by atoms with Crippen LogP contribution in [-0.4, -0.2) is 30.0 Å². The Hall–Kier alpha value is -0.280. The third-order valence-corrected chi connectivity index (χ3v) is 1.34. The Labute approximate surface area is 52.8 Å². The Bertz CT molecular complexity index is 106. The van der Waals surface area contributed by atoms with Gasteiger partial charge in [0.15, 0.2) is 0 Å². The average molecular weight is 135 g/mol. The van der Waals surface area contributed by atoms with Crippen LogP contribution in [0.25, 0.3) is 0 Å². The molecule has 1 N–H and O–H groups in total. The lowest BCUT2D eigenvalue weighted by Gasteiger charge is -2.21. The average Bonchev–Trinajstić information content (AvgIpc) is 1.77. The number of amidine groups is 1. The molecule has 3 nitrogen and oxygen atoms in total. The molecule has 0 unspecified atom stereocenters. The van der Waals surface area contributed by atoms with Gasteiger partial charge in [0.2, 0.25) is 0 Å². The summed E-state index contributed by atoms with van der Waals surface area (Å²) in [6, 6.07) is 0. The summed E-state index contributed by atoms with van der Waals surface area (Å²) in [5.74, 6) is 0.345. The number of hydrogen-bond donors (Lipinski definition) is 1. The van der Waals surface area contributed by atoms with Crippen LogP contribution in [0.1, 0.15) is 0 Å². The van der Waals surface area contributed by atoms with Gasteiger partial charge in [0.25, 0.3) is 0 Å². The van der Waals surface area contributed by atoms with Crippen molar-refractivity contribution in [2.24, 2.45) is 0 Å². The largest absolute Gasteiger partial charge is 0.372 e. The molecule has 0 aliphatic carbocycles. The van der Waals surface area contributed by atoms with E-state index in [9.17, 15) is 0 Å². The smallest absolute Gasteiger partial charge is 0.137 e. The standard InChI is InChI=1S/C4H7ClN2O/c5-7-1-2-8-3-4(7)6/h6H,1-3H2. The molecule has 1 fully saturated rings. The topological polar surface area (TPSA) is 36.3 Å². The zero-order valence-corrected chi connectivity index (χ0v) is 5.11. The van der Waals surface area contributed by atoms with Crippen LogP contribution in [-0.2, 0) is 4.74 Å². The van der Waals surface area contributed by atoms with Crippen molar-refractivity contribution in [3.05, 3.63) is 0 Å². The van der Waals surface area contributed by atoms with E-state index in [0.29, 0.717) is 25.6 Å². The molecule has 0 amide bonds. The zero-order valence-electron chi connectivity index (χ0n) is 4.35. The van der Waals surface area contributed by atoms with Crippen LogP contribution < -0.4 is 0 Å². The van der Waals surface area contributed by atoms with E-state index in [4.69, 9.17) is 21.9 Å². The number of halogens is 1. The summed E-state index contributed by atoms with van der Waals surface area (Å²) in [7, 11) is 0. The van der Waals surface area contributed by atoms with Crippen LogP contribution in [0.3, 0.4) is 0 Å². The first-order valence-electron chi connectivity index (χ1n) is 2.39. The van der Waals surface area contributed by atoms with E-state index >= 15 is 0 Å². The van der Waals surface area contributed by atoms with Gasteiger partial charge in [0.05, 0.1) is 13.2 Å². The Balaban J connectivity index is 2.39. The number of morpholine rings is 1. The summed E-state index contributed by atoms with van der Waals surface area (Å²) in [5.41, 5.74) is 0. The third-order valence-electron chi connectivity index (χ3n) is 0.964. The van der Waals surface area contributed by atoms with Crippen molar-refractivity contribution in [3.8, 4) is 0 Å². The van der Waals surface area contributed by atoms with Crippen LogP contribution in [0.5, 0.6) is 0 Å². The summed E-state index contributed by atoms with van der Waals surface area (Å²) >= 11 is 5.50. The maximum Gasteiger partial charge on any atom is 0.137 e. The summed E-state index contributed by atoms with van der Waals surface area (Å²) in [4.78, 5) is 0. The normalized spacial score (nSPS) is 21.6. The molecular formula is C4H7ClN2O. The molecule has 8 heavy (non-hydrogen) atoms. The molecule has 0 radical (unpaired) electrons. The zero-order chi connectivity index (χ0) is 5.98. The fourth-order valence-electron chi connectivity index (χ4n) is 0.519. The molecule has 0 aromatic rings. The van der Waals surface area contributed by atoms with Gasteiger partial charge in [0, 0.05) is 11.8 Å². The van der Waals surface area contributed by atoms with Gasteiger partial charge in [-0.1, -0.05) is 0 Å². The quantitative estimate of drug-likeness (QED) is 0.489. The lowest BCUT2D eigenvalue weighted by Crippen LogP contribution is -2.34. The summed E-state index contributed by atoms with van der Waals surface area (Å²) in [6.45, 7) is 1.61. The first-order valence-corrected chi connectivity index (χ1v) is 2.73. The maximum absolute atomic E-state index is 7.06. The van der Waals surface area contributed by atoms with Gasteiger partial charge in [-0.05, 0) is 0 Å². The van der Waals surface area contributed by atoms with Crippen molar-refractivity contribution >= 4 is 17.6 Å². The van der Waals surface area contributed by atoms with E-state index in [2.05, 4.69) is 0 Å². The fourth-order valence-corrected chi connectivity index (χ4v) is 0.636. The number of ether oxygens (including phenoxy) is 1. The van der Waals surface area contributed by atoms with Crippen molar-refractivity contribution in [2.75, 3.05) is 19.8 Å². The molecular weight excluding hydrogens is 128 g/mol. The molecule has 1 aliphatic rings. The molecule has 1 rings (SSSR count). The molecule has 0 aromatic carbocycles. The van der Waals surface area contributed by atoms with Crippen molar-refractivity contribution < 1.29 is 4.74 Å². The monoisotopic (exact) mass is 134 g/mol. The minimum absolute atomic E-state index is 0.345. The van der Waals surface area contributed by atoms with Crippen LogP contribution in [0, 0.1) is 5.41 Å². The van der Waals surface area contributed by atoms with Crippen LogP contribution in [0.4, 0.5) is 0 Å². The molecule has 0 bridgehead atoms. The van der Waals surface area contributed by atoms with E-state index < -0.39 is 0 Å². The van der Waals surface area contributed by atoms with Gasteiger partial charge < -0.3 is 4.74 Å². The van der Waals surface area contributed by atoms with Gasteiger partial charge in [-0.15, -0.1) is 0 Å². The molecule has 0 spiro atoms.